The van der Waals surface area contributed by atoms with Crippen LogP contribution in [0.15, 0.2) is 45.9 Å². The lowest BCUT2D eigenvalue weighted by Gasteiger charge is -2.09. The van der Waals surface area contributed by atoms with Crippen LogP contribution in [-0.2, 0) is 7.05 Å². The molecule has 1 amide bonds. The van der Waals surface area contributed by atoms with Crippen LogP contribution >= 0.6 is 0 Å². The van der Waals surface area contributed by atoms with E-state index in [1.165, 1.54) is 16.9 Å². The standard InChI is InChI=1S/C14H16N2O4/c1-16-8-2-4-10(14(16)19)13(18)15-7-6-11(17)12-5-3-9-20-12/h2-5,8-9,11,17H,6-7H2,1H3,(H,15,18)/t11-/m0/s1. The number of nitrogens with zero attached hydrogens (tertiary/aromatic N) is 1. The molecule has 0 radical (unpaired) electrons. The van der Waals surface area contributed by atoms with Gasteiger partial charge >= 0.3 is 0 Å². The van der Waals surface area contributed by atoms with E-state index in [2.05, 4.69) is 5.32 Å². The Kier molecular flexibility index (Phi) is 4.37. The van der Waals surface area contributed by atoms with Gasteiger partial charge in [-0.3, -0.25) is 9.59 Å². The summed E-state index contributed by atoms with van der Waals surface area (Å²) >= 11 is 0. The predicted octanol–water partition coefficient (Wildman–Crippen LogP) is 0.832. The van der Waals surface area contributed by atoms with Crippen LogP contribution in [-0.4, -0.2) is 22.1 Å². The van der Waals surface area contributed by atoms with Gasteiger partial charge in [-0.15, -0.1) is 0 Å². The number of carbonyl (C=O) groups is 1. The monoisotopic (exact) mass is 276 g/mol. The van der Waals surface area contributed by atoms with Gasteiger partial charge in [-0.1, -0.05) is 0 Å². The van der Waals surface area contributed by atoms with Gasteiger partial charge in [0.05, 0.1) is 6.26 Å². The summed E-state index contributed by atoms with van der Waals surface area (Å²) in [5.41, 5.74) is -0.265. The van der Waals surface area contributed by atoms with Crippen LogP contribution in [0.1, 0.15) is 28.6 Å². The third kappa shape index (κ3) is 3.16. The van der Waals surface area contributed by atoms with Crippen molar-refractivity contribution in [2.24, 2.45) is 7.05 Å². The van der Waals surface area contributed by atoms with Gasteiger partial charge in [0.1, 0.15) is 17.4 Å². The normalized spacial score (nSPS) is 12.1. The molecule has 0 saturated carbocycles. The van der Waals surface area contributed by atoms with Crippen molar-refractivity contribution in [2.45, 2.75) is 12.5 Å². The highest BCUT2D eigenvalue weighted by molar-refractivity contribution is 5.93. The van der Waals surface area contributed by atoms with E-state index < -0.39 is 12.0 Å². The highest BCUT2D eigenvalue weighted by Gasteiger charge is 2.13. The second-order valence-electron chi connectivity index (χ2n) is 4.41. The van der Waals surface area contributed by atoms with Crippen molar-refractivity contribution in [1.29, 1.82) is 0 Å². The number of nitrogens with one attached hydrogen (secondary N) is 1. The number of aliphatic hydroxyl groups excluding tert-OH is 1. The van der Waals surface area contributed by atoms with Gasteiger partial charge in [0, 0.05) is 19.8 Å². The smallest absolute Gasteiger partial charge is 0.263 e. The number of furan rings is 1. The molecule has 2 rings (SSSR count). The van der Waals surface area contributed by atoms with Gasteiger partial charge in [-0.25, -0.2) is 0 Å². The number of carbonyl (C=O) groups excluding carboxylic acids is 1. The summed E-state index contributed by atoms with van der Waals surface area (Å²) in [6.07, 6.45) is 2.60. The molecular weight excluding hydrogens is 260 g/mol. The van der Waals surface area contributed by atoms with Crippen molar-refractivity contribution < 1.29 is 14.3 Å². The molecule has 0 unspecified atom stereocenters. The Morgan fingerprint density at radius 3 is 2.95 bits per heavy atom. The van der Waals surface area contributed by atoms with Crippen LogP contribution in [0.5, 0.6) is 0 Å². The van der Waals surface area contributed by atoms with E-state index in [0.29, 0.717) is 12.2 Å². The minimum absolute atomic E-state index is 0.0856. The van der Waals surface area contributed by atoms with Crippen molar-refractivity contribution in [3.63, 3.8) is 0 Å². The summed E-state index contributed by atoms with van der Waals surface area (Å²) in [4.78, 5) is 23.6. The lowest BCUT2D eigenvalue weighted by molar-refractivity contribution is 0.0934. The third-order valence-corrected chi connectivity index (χ3v) is 2.94. The molecule has 0 bridgehead atoms. The number of aliphatic hydroxyl groups is 1. The van der Waals surface area contributed by atoms with Gasteiger partial charge in [-0.2, -0.15) is 0 Å². The molecule has 1 atom stereocenters. The van der Waals surface area contributed by atoms with E-state index in [1.807, 2.05) is 0 Å². The lowest BCUT2D eigenvalue weighted by Crippen LogP contribution is -2.32. The molecule has 2 N–H and O–H groups in total. The summed E-state index contributed by atoms with van der Waals surface area (Å²) in [5, 5.41) is 12.4. The van der Waals surface area contributed by atoms with Crippen LogP contribution in [0.4, 0.5) is 0 Å². The molecule has 0 saturated heterocycles. The fourth-order valence-corrected chi connectivity index (χ4v) is 1.81. The summed E-state index contributed by atoms with van der Waals surface area (Å²) in [6.45, 7) is 0.249. The maximum atomic E-state index is 11.9. The SMILES string of the molecule is Cn1cccc(C(=O)NCC[C@H](O)c2ccco2)c1=O. The average molecular weight is 276 g/mol. The van der Waals surface area contributed by atoms with E-state index in [9.17, 15) is 14.7 Å². The second kappa shape index (κ2) is 6.21. The van der Waals surface area contributed by atoms with Crippen molar-refractivity contribution in [3.05, 3.63) is 58.4 Å². The topological polar surface area (TPSA) is 84.5 Å². The number of hydrogen-bond acceptors (Lipinski definition) is 4. The first-order valence-electron chi connectivity index (χ1n) is 6.25. The first kappa shape index (κ1) is 14.1. The Morgan fingerprint density at radius 1 is 1.45 bits per heavy atom. The molecule has 2 heterocycles. The molecule has 6 nitrogen and oxygen atoms in total. The Hall–Kier alpha value is -2.34. The molecule has 20 heavy (non-hydrogen) atoms. The van der Waals surface area contributed by atoms with Crippen molar-refractivity contribution in [3.8, 4) is 0 Å². The maximum absolute atomic E-state index is 11.9. The quantitative estimate of drug-likeness (QED) is 0.847. The zero-order chi connectivity index (χ0) is 14.5. The van der Waals surface area contributed by atoms with E-state index in [1.54, 1.807) is 31.4 Å². The molecule has 0 fully saturated rings. The number of rotatable bonds is 5. The fraction of sp³-hybridized carbons (Fsp3) is 0.286. The highest BCUT2D eigenvalue weighted by atomic mass is 16.4. The molecule has 0 aliphatic heterocycles. The highest BCUT2D eigenvalue weighted by Crippen LogP contribution is 2.15. The lowest BCUT2D eigenvalue weighted by atomic mass is 10.2. The van der Waals surface area contributed by atoms with Gasteiger partial charge in [-0.05, 0) is 30.7 Å². The Labute approximate surface area is 115 Å². The van der Waals surface area contributed by atoms with Crippen molar-refractivity contribution in [2.75, 3.05) is 6.54 Å². The zero-order valence-corrected chi connectivity index (χ0v) is 11.1. The first-order valence-corrected chi connectivity index (χ1v) is 6.25. The van der Waals surface area contributed by atoms with Crippen molar-refractivity contribution >= 4 is 5.91 Å². The summed E-state index contributed by atoms with van der Waals surface area (Å²) in [5.74, 6) is 0.00715. The molecule has 0 aromatic carbocycles. The Bertz CT molecular complexity index is 631. The summed E-state index contributed by atoms with van der Waals surface area (Å²) in [6, 6.07) is 6.46. The van der Waals surface area contributed by atoms with E-state index in [4.69, 9.17) is 4.42 Å². The minimum Gasteiger partial charge on any atom is -0.467 e. The van der Waals surface area contributed by atoms with Gasteiger partial charge in [0.25, 0.3) is 11.5 Å². The number of aryl methyl sites for hydroxylation is 1. The molecule has 6 heteroatoms. The zero-order valence-electron chi connectivity index (χ0n) is 11.1. The fourth-order valence-electron chi connectivity index (χ4n) is 1.81. The molecule has 2 aromatic heterocycles. The second-order valence-corrected chi connectivity index (χ2v) is 4.41. The van der Waals surface area contributed by atoms with E-state index in [0.717, 1.165) is 0 Å². The van der Waals surface area contributed by atoms with Crippen LogP contribution in [0.2, 0.25) is 0 Å². The molecule has 106 valence electrons. The van der Waals surface area contributed by atoms with Crippen molar-refractivity contribution in [1.82, 2.24) is 9.88 Å². The summed E-state index contributed by atoms with van der Waals surface area (Å²) < 4.78 is 6.40. The Morgan fingerprint density at radius 2 is 2.25 bits per heavy atom. The number of pyridine rings is 1. The van der Waals surface area contributed by atoms with Gasteiger partial charge in [0.15, 0.2) is 0 Å². The number of amides is 1. The predicted molar refractivity (Wildman–Crippen MR) is 72.3 cm³/mol. The summed E-state index contributed by atoms with van der Waals surface area (Å²) in [7, 11) is 1.58. The number of aromatic nitrogens is 1. The molecule has 0 aliphatic carbocycles. The van der Waals surface area contributed by atoms with Gasteiger partial charge in [0.2, 0.25) is 0 Å². The average Bonchev–Trinajstić information content (AvgIpc) is 2.95. The first-order chi connectivity index (χ1) is 9.59. The van der Waals surface area contributed by atoms with Crippen LogP contribution in [0, 0.1) is 0 Å². The molecule has 0 spiro atoms. The van der Waals surface area contributed by atoms with Crippen LogP contribution in [0.3, 0.4) is 0 Å². The minimum atomic E-state index is -0.774. The van der Waals surface area contributed by atoms with E-state index in [-0.39, 0.29) is 17.7 Å². The molecule has 2 aromatic rings. The molecular formula is C14H16N2O4. The van der Waals surface area contributed by atoms with Crippen LogP contribution < -0.4 is 10.9 Å². The largest absolute Gasteiger partial charge is 0.467 e. The molecule has 0 aliphatic rings. The van der Waals surface area contributed by atoms with Crippen LogP contribution in [0.25, 0.3) is 0 Å². The van der Waals surface area contributed by atoms with Gasteiger partial charge < -0.3 is 19.4 Å². The van der Waals surface area contributed by atoms with E-state index >= 15 is 0 Å². The maximum Gasteiger partial charge on any atom is 0.263 e. The number of hydrogen-bond donors (Lipinski definition) is 2. The third-order valence-electron chi connectivity index (χ3n) is 2.94. The Balaban J connectivity index is 1.90.